The molecule has 5 rings (SSSR count). The van der Waals surface area contributed by atoms with Crippen LogP contribution in [0.1, 0.15) is 23.5 Å². The number of benzene rings is 2. The monoisotopic (exact) mass is 478 g/mol. The zero-order valence-electron chi connectivity index (χ0n) is 17.7. The van der Waals surface area contributed by atoms with Crippen molar-refractivity contribution in [2.24, 2.45) is 0 Å². The summed E-state index contributed by atoms with van der Waals surface area (Å²) in [6, 6.07) is 21.3. The minimum Gasteiger partial charge on any atom is -0.495 e. The highest BCUT2D eigenvalue weighted by Gasteiger charge is 2.42. The fourth-order valence-corrected chi connectivity index (χ4v) is 4.83. The van der Waals surface area contributed by atoms with Gasteiger partial charge in [-0.05, 0) is 72.9 Å². The molecule has 1 fully saturated rings. The highest BCUT2D eigenvalue weighted by atomic mass is 35.5. The van der Waals surface area contributed by atoms with Crippen LogP contribution in [0.3, 0.4) is 0 Å². The summed E-state index contributed by atoms with van der Waals surface area (Å²) in [5.41, 5.74) is 3.31. The average Bonchev–Trinajstić information content (AvgIpc) is 3.44. The van der Waals surface area contributed by atoms with E-state index < -0.39 is 0 Å². The molecule has 0 unspecified atom stereocenters. The molecule has 1 aliphatic rings. The van der Waals surface area contributed by atoms with Gasteiger partial charge in [-0.15, -0.1) is 0 Å². The van der Waals surface area contributed by atoms with Crippen molar-refractivity contribution in [3.05, 3.63) is 107 Å². The quantitative estimate of drug-likeness (QED) is 0.364. The van der Waals surface area contributed by atoms with Gasteiger partial charge in [0.2, 0.25) is 0 Å². The van der Waals surface area contributed by atoms with Gasteiger partial charge in [0.15, 0.2) is 5.11 Å². The molecule has 8 heteroatoms. The Balaban J connectivity index is 1.67. The van der Waals surface area contributed by atoms with Gasteiger partial charge in [-0.1, -0.05) is 23.7 Å². The summed E-state index contributed by atoms with van der Waals surface area (Å²) in [5.74, 6) is 0.284. The van der Waals surface area contributed by atoms with Crippen LogP contribution in [0.5, 0.6) is 5.75 Å². The maximum Gasteiger partial charge on any atom is 0.174 e. The average molecular weight is 479 g/mol. The fraction of sp³-hybridized carbons (Fsp3) is 0.120. The Hall–Kier alpha value is -3.42. The molecule has 4 aromatic rings. The van der Waals surface area contributed by atoms with Crippen molar-refractivity contribution in [1.29, 1.82) is 0 Å². The molecule has 33 heavy (non-hydrogen) atoms. The number of halogens is 2. The predicted molar refractivity (Wildman–Crippen MR) is 132 cm³/mol. The number of methoxy groups -OCH3 is 1. The van der Waals surface area contributed by atoms with E-state index in [0.717, 1.165) is 22.8 Å². The van der Waals surface area contributed by atoms with Gasteiger partial charge in [0.05, 0.1) is 23.9 Å². The molecule has 2 aromatic carbocycles. The van der Waals surface area contributed by atoms with Crippen LogP contribution in [0.2, 0.25) is 5.02 Å². The second-order valence-electron chi connectivity index (χ2n) is 7.60. The maximum atomic E-state index is 14.0. The minimum absolute atomic E-state index is 0.234. The van der Waals surface area contributed by atoms with E-state index in [9.17, 15) is 4.39 Å². The number of nitrogens with one attached hydrogen (secondary N) is 1. The zero-order valence-corrected chi connectivity index (χ0v) is 19.2. The smallest absolute Gasteiger partial charge is 0.174 e. The first-order valence-corrected chi connectivity index (χ1v) is 11.1. The first kappa shape index (κ1) is 21.4. The summed E-state index contributed by atoms with van der Waals surface area (Å²) in [6.07, 6.45) is 3.68. The fourth-order valence-electron chi connectivity index (χ4n) is 4.23. The van der Waals surface area contributed by atoms with E-state index in [1.807, 2.05) is 70.3 Å². The molecule has 0 bridgehead atoms. The third kappa shape index (κ3) is 3.94. The third-order valence-electron chi connectivity index (χ3n) is 5.68. The van der Waals surface area contributed by atoms with Crippen LogP contribution in [0.15, 0.2) is 85.2 Å². The molecule has 0 spiro atoms. The molecule has 0 radical (unpaired) electrons. The van der Waals surface area contributed by atoms with E-state index in [1.165, 1.54) is 12.1 Å². The Morgan fingerprint density at radius 1 is 1.03 bits per heavy atom. The lowest BCUT2D eigenvalue weighted by Gasteiger charge is -2.29. The third-order valence-corrected chi connectivity index (χ3v) is 6.29. The summed E-state index contributed by atoms with van der Waals surface area (Å²) in [7, 11) is 1.58. The largest absolute Gasteiger partial charge is 0.495 e. The van der Waals surface area contributed by atoms with E-state index >= 15 is 0 Å². The van der Waals surface area contributed by atoms with Crippen LogP contribution in [0.4, 0.5) is 10.1 Å². The van der Waals surface area contributed by atoms with E-state index in [0.29, 0.717) is 15.9 Å². The number of aromatic nitrogens is 2. The van der Waals surface area contributed by atoms with Gasteiger partial charge >= 0.3 is 0 Å². The van der Waals surface area contributed by atoms with E-state index in [4.69, 9.17) is 28.6 Å². The second-order valence-corrected chi connectivity index (χ2v) is 8.39. The molecule has 1 saturated heterocycles. The van der Waals surface area contributed by atoms with Crippen LogP contribution in [0, 0.1) is 5.82 Å². The topological polar surface area (TPSA) is 42.3 Å². The molecule has 5 nitrogen and oxygen atoms in total. The van der Waals surface area contributed by atoms with Gasteiger partial charge in [-0.25, -0.2) is 4.39 Å². The highest BCUT2D eigenvalue weighted by molar-refractivity contribution is 7.80. The first-order chi connectivity index (χ1) is 16.1. The number of nitrogens with zero attached hydrogens (tertiary/aromatic N) is 3. The summed E-state index contributed by atoms with van der Waals surface area (Å²) in [6.45, 7) is 0. The van der Waals surface area contributed by atoms with E-state index in [-0.39, 0.29) is 17.9 Å². The van der Waals surface area contributed by atoms with Crippen molar-refractivity contribution in [1.82, 2.24) is 14.9 Å². The van der Waals surface area contributed by atoms with Crippen LogP contribution in [-0.4, -0.2) is 21.8 Å². The van der Waals surface area contributed by atoms with E-state index in [2.05, 4.69) is 10.3 Å². The van der Waals surface area contributed by atoms with E-state index in [1.54, 1.807) is 19.4 Å². The number of pyridine rings is 1. The number of ether oxygens (including phenoxy) is 1. The van der Waals surface area contributed by atoms with Crippen molar-refractivity contribution in [3.8, 4) is 11.4 Å². The predicted octanol–water partition coefficient (Wildman–Crippen LogP) is 5.85. The molecular weight excluding hydrogens is 459 g/mol. The Bertz CT molecular complexity index is 1310. The van der Waals surface area contributed by atoms with Gasteiger partial charge < -0.3 is 19.5 Å². The standard InChI is InChI=1S/C25H20ClFN4OS/c1-32-22-11-10-18(15-19(22)26)31-24(23(29-25(31)33)20-8-2-3-12-28-20)21-9-5-13-30(21)17-7-4-6-16(27)14-17/h2-15,23-24H,1H3,(H,29,33)/t23-,24+/m0/s1. The van der Waals surface area contributed by atoms with Gasteiger partial charge in [-0.3, -0.25) is 4.98 Å². The minimum atomic E-state index is -0.299. The number of thiocarbonyl (C=S) groups is 1. The SMILES string of the molecule is COc1ccc(N2C(=S)N[C@@H](c3ccccn3)[C@H]2c2cccn2-c2cccc(F)c2)cc1Cl. The molecular formula is C25H20ClFN4OS. The summed E-state index contributed by atoms with van der Waals surface area (Å²) in [4.78, 5) is 6.60. The Labute approximate surface area is 201 Å². The summed E-state index contributed by atoms with van der Waals surface area (Å²) in [5, 5.41) is 4.46. The lowest BCUT2D eigenvalue weighted by atomic mass is 10.0. The lowest BCUT2D eigenvalue weighted by Crippen LogP contribution is -2.30. The number of anilines is 1. The second kappa shape index (κ2) is 8.84. The molecule has 3 heterocycles. The molecule has 0 aliphatic carbocycles. The molecule has 2 aromatic heterocycles. The Kier molecular flexibility index (Phi) is 5.74. The van der Waals surface area contributed by atoms with Crippen molar-refractivity contribution in [2.75, 3.05) is 12.0 Å². The van der Waals surface area contributed by atoms with Crippen LogP contribution >= 0.6 is 23.8 Å². The summed E-state index contributed by atoms with van der Waals surface area (Å²) < 4.78 is 21.3. The maximum absolute atomic E-state index is 14.0. The Morgan fingerprint density at radius 2 is 1.91 bits per heavy atom. The lowest BCUT2D eigenvalue weighted by molar-refractivity contribution is 0.415. The number of rotatable bonds is 5. The van der Waals surface area contributed by atoms with Crippen molar-refractivity contribution < 1.29 is 9.13 Å². The molecule has 0 amide bonds. The van der Waals surface area contributed by atoms with Gasteiger partial charge in [0.25, 0.3) is 0 Å². The molecule has 0 saturated carbocycles. The molecule has 1 N–H and O–H groups in total. The normalized spacial score (nSPS) is 17.8. The molecule has 166 valence electrons. The summed E-state index contributed by atoms with van der Waals surface area (Å²) >= 11 is 12.2. The van der Waals surface area contributed by atoms with Crippen LogP contribution < -0.4 is 15.0 Å². The van der Waals surface area contributed by atoms with Gasteiger partial charge in [0.1, 0.15) is 17.6 Å². The number of hydrogen-bond donors (Lipinski definition) is 1. The van der Waals surface area contributed by atoms with Gasteiger partial charge in [0, 0.05) is 29.5 Å². The van der Waals surface area contributed by atoms with Crippen molar-refractivity contribution in [3.63, 3.8) is 0 Å². The van der Waals surface area contributed by atoms with Crippen molar-refractivity contribution in [2.45, 2.75) is 12.1 Å². The molecule has 2 atom stereocenters. The Morgan fingerprint density at radius 3 is 2.64 bits per heavy atom. The number of hydrogen-bond acceptors (Lipinski definition) is 3. The van der Waals surface area contributed by atoms with Crippen LogP contribution in [0.25, 0.3) is 5.69 Å². The first-order valence-electron chi connectivity index (χ1n) is 10.3. The molecule has 1 aliphatic heterocycles. The highest BCUT2D eigenvalue weighted by Crippen LogP contribution is 2.43. The van der Waals surface area contributed by atoms with Crippen molar-refractivity contribution >= 4 is 34.6 Å². The van der Waals surface area contributed by atoms with Crippen LogP contribution in [-0.2, 0) is 0 Å². The van der Waals surface area contributed by atoms with Gasteiger partial charge in [-0.2, -0.15) is 0 Å². The zero-order chi connectivity index (χ0) is 22.9.